The van der Waals surface area contributed by atoms with Crippen LogP contribution in [0.4, 0.5) is 0 Å². The first kappa shape index (κ1) is 13.8. The van der Waals surface area contributed by atoms with Crippen molar-refractivity contribution in [1.29, 1.82) is 0 Å². The second kappa shape index (κ2) is 6.53. The number of aromatic nitrogens is 2. The van der Waals surface area contributed by atoms with Crippen LogP contribution in [0.1, 0.15) is 50.3 Å². The summed E-state index contributed by atoms with van der Waals surface area (Å²) in [4.78, 5) is 11.8. The van der Waals surface area contributed by atoms with Gasteiger partial charge in [0.1, 0.15) is 0 Å². The van der Waals surface area contributed by atoms with Crippen molar-refractivity contribution in [2.24, 2.45) is 5.73 Å². The molecule has 1 aliphatic rings. The second-order valence-corrected chi connectivity index (χ2v) is 5.24. The van der Waals surface area contributed by atoms with Gasteiger partial charge in [0.05, 0.1) is 24.2 Å². The molecule has 0 radical (unpaired) electrons. The SMILES string of the molecule is C#CCC(N)C(=O)Cc1ccn(C2CCCCC2)n1. The van der Waals surface area contributed by atoms with Gasteiger partial charge in [0.15, 0.2) is 5.78 Å². The second-order valence-electron chi connectivity index (χ2n) is 5.24. The zero-order chi connectivity index (χ0) is 13.7. The summed E-state index contributed by atoms with van der Waals surface area (Å²) in [6.45, 7) is 0. The number of nitrogens with zero attached hydrogens (tertiary/aromatic N) is 2. The van der Waals surface area contributed by atoms with E-state index in [1.54, 1.807) is 0 Å². The minimum absolute atomic E-state index is 0.0353. The van der Waals surface area contributed by atoms with Gasteiger partial charge in [-0.15, -0.1) is 12.3 Å². The molecule has 1 fully saturated rings. The Morgan fingerprint density at radius 2 is 2.26 bits per heavy atom. The first-order chi connectivity index (χ1) is 9.20. The van der Waals surface area contributed by atoms with Crippen LogP contribution >= 0.6 is 0 Å². The topological polar surface area (TPSA) is 60.9 Å². The summed E-state index contributed by atoms with van der Waals surface area (Å²) in [5.74, 6) is 2.38. The van der Waals surface area contributed by atoms with Crippen LogP contribution in [0, 0.1) is 12.3 Å². The number of rotatable bonds is 5. The number of hydrogen-bond acceptors (Lipinski definition) is 3. The molecule has 0 aromatic carbocycles. The predicted molar refractivity (Wildman–Crippen MR) is 74.5 cm³/mol. The lowest BCUT2D eigenvalue weighted by Gasteiger charge is -2.21. The van der Waals surface area contributed by atoms with Crippen LogP contribution in [-0.4, -0.2) is 21.6 Å². The highest BCUT2D eigenvalue weighted by Crippen LogP contribution is 2.27. The molecule has 0 bridgehead atoms. The van der Waals surface area contributed by atoms with E-state index in [2.05, 4.69) is 11.0 Å². The molecule has 0 saturated heterocycles. The van der Waals surface area contributed by atoms with Crippen LogP contribution in [0.25, 0.3) is 0 Å². The maximum absolute atomic E-state index is 11.8. The Balaban J connectivity index is 1.93. The van der Waals surface area contributed by atoms with Gasteiger partial charge in [-0.2, -0.15) is 5.10 Å². The normalized spacial score (nSPS) is 17.9. The third-order valence-electron chi connectivity index (χ3n) is 3.72. The molecule has 0 spiro atoms. The minimum atomic E-state index is -0.565. The molecule has 1 heterocycles. The Morgan fingerprint density at radius 3 is 2.95 bits per heavy atom. The predicted octanol–water partition coefficient (Wildman–Crippen LogP) is 1.85. The van der Waals surface area contributed by atoms with Crippen LogP contribution in [0.15, 0.2) is 12.3 Å². The number of carbonyl (C=O) groups excluding carboxylic acids is 1. The summed E-state index contributed by atoms with van der Waals surface area (Å²) in [5, 5.41) is 4.51. The van der Waals surface area contributed by atoms with Crippen molar-refractivity contribution in [3.8, 4) is 12.3 Å². The van der Waals surface area contributed by atoms with Crippen molar-refractivity contribution in [3.63, 3.8) is 0 Å². The highest BCUT2D eigenvalue weighted by Gasteiger charge is 2.18. The fourth-order valence-electron chi connectivity index (χ4n) is 2.57. The number of hydrogen-bond donors (Lipinski definition) is 1. The number of nitrogens with two attached hydrogens (primary N) is 1. The summed E-state index contributed by atoms with van der Waals surface area (Å²) in [7, 11) is 0. The third-order valence-corrected chi connectivity index (χ3v) is 3.72. The Labute approximate surface area is 114 Å². The van der Waals surface area contributed by atoms with Gasteiger partial charge in [-0.1, -0.05) is 19.3 Å². The fraction of sp³-hybridized carbons (Fsp3) is 0.600. The summed E-state index contributed by atoms with van der Waals surface area (Å²) >= 11 is 0. The van der Waals surface area contributed by atoms with Crippen LogP contribution < -0.4 is 5.73 Å². The highest BCUT2D eigenvalue weighted by molar-refractivity contribution is 5.85. The lowest BCUT2D eigenvalue weighted by atomic mass is 9.96. The van der Waals surface area contributed by atoms with Crippen molar-refractivity contribution in [1.82, 2.24) is 9.78 Å². The van der Waals surface area contributed by atoms with E-state index < -0.39 is 6.04 Å². The van der Waals surface area contributed by atoms with E-state index in [4.69, 9.17) is 12.2 Å². The van der Waals surface area contributed by atoms with E-state index in [1.165, 1.54) is 32.1 Å². The molecule has 1 aliphatic carbocycles. The van der Waals surface area contributed by atoms with Crippen molar-refractivity contribution < 1.29 is 4.79 Å². The molecule has 0 aliphatic heterocycles. The van der Waals surface area contributed by atoms with Crippen molar-refractivity contribution in [2.45, 2.75) is 57.0 Å². The van der Waals surface area contributed by atoms with Crippen LogP contribution in [-0.2, 0) is 11.2 Å². The molecular formula is C15H21N3O. The zero-order valence-electron chi connectivity index (χ0n) is 11.2. The van der Waals surface area contributed by atoms with Crippen LogP contribution in [0.5, 0.6) is 0 Å². The van der Waals surface area contributed by atoms with Gasteiger partial charge in [0.25, 0.3) is 0 Å². The standard InChI is InChI=1S/C15H21N3O/c1-2-6-14(16)15(19)11-12-9-10-18(17-12)13-7-4-3-5-8-13/h1,9-10,13-14H,3-8,11,16H2. The smallest absolute Gasteiger partial charge is 0.156 e. The molecule has 19 heavy (non-hydrogen) atoms. The van der Waals surface area contributed by atoms with Crippen molar-refractivity contribution in [3.05, 3.63) is 18.0 Å². The lowest BCUT2D eigenvalue weighted by molar-refractivity contribution is -0.119. The van der Waals surface area contributed by atoms with E-state index >= 15 is 0 Å². The van der Waals surface area contributed by atoms with E-state index in [1.807, 2.05) is 16.9 Å². The van der Waals surface area contributed by atoms with Gasteiger partial charge < -0.3 is 5.73 Å². The maximum atomic E-state index is 11.8. The molecule has 4 nitrogen and oxygen atoms in total. The Kier molecular flexibility index (Phi) is 4.75. The number of Topliss-reactive ketones (excluding diaryl/α,β-unsaturated/α-hetero) is 1. The minimum Gasteiger partial charge on any atom is -0.321 e. The molecule has 2 N–H and O–H groups in total. The maximum Gasteiger partial charge on any atom is 0.156 e. The monoisotopic (exact) mass is 259 g/mol. The van der Waals surface area contributed by atoms with Gasteiger partial charge in [0, 0.05) is 12.6 Å². The van der Waals surface area contributed by atoms with Gasteiger partial charge in [-0.3, -0.25) is 9.48 Å². The fourth-order valence-corrected chi connectivity index (χ4v) is 2.57. The van der Waals surface area contributed by atoms with Gasteiger partial charge >= 0.3 is 0 Å². The number of terminal acetylenes is 1. The molecule has 0 amide bonds. The third kappa shape index (κ3) is 3.68. The number of carbonyl (C=O) groups is 1. The quantitative estimate of drug-likeness (QED) is 0.821. The Bertz CT molecular complexity index is 466. The zero-order valence-corrected chi connectivity index (χ0v) is 11.2. The Hall–Kier alpha value is -1.60. The Morgan fingerprint density at radius 1 is 1.53 bits per heavy atom. The van der Waals surface area contributed by atoms with Gasteiger partial charge in [-0.05, 0) is 18.9 Å². The lowest BCUT2D eigenvalue weighted by Crippen LogP contribution is -2.31. The molecule has 1 unspecified atom stereocenters. The molecule has 1 aromatic heterocycles. The summed E-state index contributed by atoms with van der Waals surface area (Å²) in [6.07, 6.45) is 13.9. The molecular weight excluding hydrogens is 238 g/mol. The summed E-state index contributed by atoms with van der Waals surface area (Å²) in [5.41, 5.74) is 6.49. The van der Waals surface area contributed by atoms with E-state index in [9.17, 15) is 4.79 Å². The van der Waals surface area contributed by atoms with E-state index in [-0.39, 0.29) is 12.2 Å². The van der Waals surface area contributed by atoms with Crippen LogP contribution in [0.2, 0.25) is 0 Å². The molecule has 4 heteroatoms. The van der Waals surface area contributed by atoms with Crippen molar-refractivity contribution in [2.75, 3.05) is 0 Å². The van der Waals surface area contributed by atoms with Gasteiger partial charge in [-0.25, -0.2) is 0 Å². The summed E-state index contributed by atoms with van der Waals surface area (Å²) < 4.78 is 2.01. The largest absolute Gasteiger partial charge is 0.321 e. The first-order valence-corrected chi connectivity index (χ1v) is 6.96. The van der Waals surface area contributed by atoms with Crippen molar-refractivity contribution >= 4 is 5.78 Å². The van der Waals surface area contributed by atoms with E-state index in [0.717, 1.165) is 5.69 Å². The molecule has 1 saturated carbocycles. The van der Waals surface area contributed by atoms with E-state index in [0.29, 0.717) is 12.5 Å². The molecule has 102 valence electrons. The number of ketones is 1. The average Bonchev–Trinajstić information content (AvgIpc) is 2.88. The highest BCUT2D eigenvalue weighted by atomic mass is 16.1. The molecule has 1 atom stereocenters. The molecule has 1 aromatic rings. The molecule has 2 rings (SSSR count). The summed E-state index contributed by atoms with van der Waals surface area (Å²) in [6, 6.07) is 1.84. The van der Waals surface area contributed by atoms with Crippen LogP contribution in [0.3, 0.4) is 0 Å². The average molecular weight is 259 g/mol. The first-order valence-electron chi connectivity index (χ1n) is 6.96. The van der Waals surface area contributed by atoms with Gasteiger partial charge in [0.2, 0.25) is 0 Å².